The van der Waals surface area contributed by atoms with Crippen LogP contribution in [0, 0.1) is 5.92 Å². The molecule has 2 amide bonds. The summed E-state index contributed by atoms with van der Waals surface area (Å²) in [6, 6.07) is 12.4. The maximum absolute atomic E-state index is 12.3. The van der Waals surface area contributed by atoms with Crippen molar-refractivity contribution in [2.45, 2.75) is 12.8 Å². The van der Waals surface area contributed by atoms with E-state index in [4.69, 9.17) is 4.74 Å². The van der Waals surface area contributed by atoms with Crippen LogP contribution in [-0.4, -0.2) is 11.8 Å². The van der Waals surface area contributed by atoms with Crippen LogP contribution in [0.15, 0.2) is 42.5 Å². The Kier molecular flexibility index (Phi) is 2.85. The highest BCUT2D eigenvalue weighted by atomic mass is 16.5. The molecule has 1 saturated carbocycles. The van der Waals surface area contributed by atoms with Crippen molar-refractivity contribution in [3.05, 3.63) is 48.0 Å². The van der Waals surface area contributed by atoms with Gasteiger partial charge in [0, 0.05) is 11.6 Å². The minimum Gasteiger partial charge on any atom is -0.454 e. The lowest BCUT2D eigenvalue weighted by atomic mass is 10.1. The van der Waals surface area contributed by atoms with Gasteiger partial charge in [-0.25, -0.2) is 0 Å². The lowest BCUT2D eigenvalue weighted by molar-refractivity contribution is -0.117. The van der Waals surface area contributed by atoms with E-state index in [0.717, 1.165) is 12.8 Å². The lowest BCUT2D eigenvalue weighted by Crippen LogP contribution is -2.15. The fraction of sp³-hybridized carbons (Fsp3) is 0.176. The number of rotatable bonds is 2. The molecule has 0 aromatic heterocycles. The minimum atomic E-state index is -0.248. The molecule has 2 aromatic carbocycles. The summed E-state index contributed by atoms with van der Waals surface area (Å²) in [4.78, 5) is 24.2. The molecule has 1 aliphatic carbocycles. The molecule has 2 aromatic rings. The number of carbonyl (C=O) groups excluding carboxylic acids is 2. The van der Waals surface area contributed by atoms with E-state index in [2.05, 4.69) is 10.6 Å². The predicted octanol–water partition coefficient (Wildman–Crippen LogP) is 3.39. The van der Waals surface area contributed by atoms with Crippen molar-refractivity contribution in [2.24, 2.45) is 5.92 Å². The predicted molar refractivity (Wildman–Crippen MR) is 82.3 cm³/mol. The van der Waals surface area contributed by atoms with Crippen molar-refractivity contribution in [2.75, 3.05) is 10.6 Å². The Balaban J connectivity index is 1.67. The molecule has 0 radical (unpaired) electrons. The van der Waals surface area contributed by atoms with E-state index in [1.54, 1.807) is 30.3 Å². The van der Waals surface area contributed by atoms with Crippen LogP contribution in [0.4, 0.5) is 11.4 Å². The summed E-state index contributed by atoms with van der Waals surface area (Å²) in [5.41, 5.74) is 1.65. The van der Waals surface area contributed by atoms with Crippen LogP contribution >= 0.6 is 0 Å². The first-order chi connectivity index (χ1) is 10.7. The van der Waals surface area contributed by atoms with E-state index in [9.17, 15) is 9.59 Å². The molecule has 22 heavy (non-hydrogen) atoms. The van der Waals surface area contributed by atoms with Crippen LogP contribution < -0.4 is 15.4 Å². The zero-order valence-corrected chi connectivity index (χ0v) is 11.8. The zero-order chi connectivity index (χ0) is 15.1. The van der Waals surface area contributed by atoms with Crippen molar-refractivity contribution in [3.8, 4) is 11.5 Å². The minimum absolute atomic E-state index is 0.0122. The molecule has 0 saturated heterocycles. The van der Waals surface area contributed by atoms with E-state index < -0.39 is 0 Å². The van der Waals surface area contributed by atoms with E-state index in [1.807, 2.05) is 12.1 Å². The summed E-state index contributed by atoms with van der Waals surface area (Å²) >= 11 is 0. The van der Waals surface area contributed by atoms with Gasteiger partial charge in [-0.05, 0) is 43.2 Å². The number of carbonyl (C=O) groups is 2. The number of amides is 2. The number of ether oxygens (including phenoxy) is 1. The van der Waals surface area contributed by atoms with E-state index in [1.165, 1.54) is 0 Å². The topological polar surface area (TPSA) is 67.4 Å². The van der Waals surface area contributed by atoms with Gasteiger partial charge < -0.3 is 15.4 Å². The van der Waals surface area contributed by atoms with Crippen LogP contribution in [0.3, 0.4) is 0 Å². The van der Waals surface area contributed by atoms with Gasteiger partial charge in [-0.1, -0.05) is 12.1 Å². The maximum atomic E-state index is 12.3. The molecule has 1 aliphatic heterocycles. The standard InChI is InChI=1S/C17H14N2O3/c20-16(10-5-6-10)18-11-7-8-14-12(9-11)17(21)19-13-3-1-2-4-15(13)22-14/h1-4,7-10H,5-6H2,(H,18,20)(H,19,21). The highest BCUT2D eigenvalue weighted by Crippen LogP contribution is 2.37. The summed E-state index contributed by atoms with van der Waals surface area (Å²) < 4.78 is 5.80. The van der Waals surface area contributed by atoms with Gasteiger partial charge in [-0.15, -0.1) is 0 Å². The van der Waals surface area contributed by atoms with Crippen molar-refractivity contribution >= 4 is 23.2 Å². The Bertz CT molecular complexity index is 781. The van der Waals surface area contributed by atoms with Gasteiger partial charge in [0.25, 0.3) is 5.91 Å². The third-order valence-corrected chi connectivity index (χ3v) is 3.80. The summed E-state index contributed by atoms with van der Waals surface area (Å²) in [5, 5.41) is 5.66. The molecule has 1 heterocycles. The Morgan fingerprint density at radius 1 is 1.14 bits per heavy atom. The average Bonchev–Trinajstić information content (AvgIpc) is 3.35. The molecule has 4 rings (SSSR count). The second-order valence-corrected chi connectivity index (χ2v) is 5.53. The van der Waals surface area contributed by atoms with Gasteiger partial charge in [-0.2, -0.15) is 0 Å². The van der Waals surface area contributed by atoms with Crippen molar-refractivity contribution < 1.29 is 14.3 Å². The number of hydrogen-bond acceptors (Lipinski definition) is 3. The third kappa shape index (κ3) is 2.30. The molecular weight excluding hydrogens is 280 g/mol. The van der Waals surface area contributed by atoms with Crippen LogP contribution in [0.25, 0.3) is 0 Å². The first-order valence-electron chi connectivity index (χ1n) is 7.24. The highest BCUT2D eigenvalue weighted by molar-refractivity contribution is 6.09. The Hall–Kier alpha value is -2.82. The van der Waals surface area contributed by atoms with Crippen molar-refractivity contribution in [1.29, 1.82) is 0 Å². The van der Waals surface area contributed by atoms with Crippen molar-refractivity contribution in [3.63, 3.8) is 0 Å². The Morgan fingerprint density at radius 2 is 1.95 bits per heavy atom. The largest absolute Gasteiger partial charge is 0.454 e. The molecule has 0 bridgehead atoms. The fourth-order valence-electron chi connectivity index (χ4n) is 2.43. The van der Waals surface area contributed by atoms with Crippen molar-refractivity contribution in [1.82, 2.24) is 0 Å². The number of para-hydroxylation sites is 2. The third-order valence-electron chi connectivity index (χ3n) is 3.80. The van der Waals surface area contributed by atoms with Gasteiger partial charge in [-0.3, -0.25) is 9.59 Å². The quantitative estimate of drug-likeness (QED) is 0.892. The summed E-state index contributed by atoms with van der Waals surface area (Å²) in [6.07, 6.45) is 1.88. The second-order valence-electron chi connectivity index (χ2n) is 5.53. The molecule has 0 atom stereocenters. The normalized spacial score (nSPS) is 15.7. The fourth-order valence-corrected chi connectivity index (χ4v) is 2.43. The highest BCUT2D eigenvalue weighted by Gasteiger charge is 2.30. The first-order valence-corrected chi connectivity index (χ1v) is 7.24. The molecule has 110 valence electrons. The molecule has 5 heteroatoms. The number of fused-ring (bicyclic) bond motifs is 2. The van der Waals surface area contributed by atoms with Crippen LogP contribution in [0.5, 0.6) is 11.5 Å². The molecule has 5 nitrogen and oxygen atoms in total. The molecule has 2 N–H and O–H groups in total. The molecule has 1 fully saturated rings. The number of nitrogens with one attached hydrogen (secondary N) is 2. The van der Waals surface area contributed by atoms with Crippen LogP contribution in [0.1, 0.15) is 23.2 Å². The molecule has 0 spiro atoms. The summed E-state index contributed by atoms with van der Waals surface area (Å²) in [7, 11) is 0. The lowest BCUT2D eigenvalue weighted by Gasteiger charge is -2.09. The first kappa shape index (κ1) is 12.9. The summed E-state index contributed by atoms with van der Waals surface area (Å²) in [5.74, 6) is 0.963. The molecule has 2 aliphatic rings. The summed E-state index contributed by atoms with van der Waals surface area (Å²) in [6.45, 7) is 0. The number of benzene rings is 2. The van der Waals surface area contributed by atoms with Crippen LogP contribution in [-0.2, 0) is 4.79 Å². The smallest absolute Gasteiger partial charge is 0.259 e. The van der Waals surface area contributed by atoms with Crippen LogP contribution in [0.2, 0.25) is 0 Å². The SMILES string of the molecule is O=C1Nc2ccccc2Oc2ccc(NC(=O)C3CC3)cc21. The number of hydrogen-bond donors (Lipinski definition) is 2. The van der Waals surface area contributed by atoms with Gasteiger partial charge in [0.2, 0.25) is 5.91 Å². The second kappa shape index (κ2) is 4.87. The number of anilines is 2. The zero-order valence-electron chi connectivity index (χ0n) is 11.8. The Labute approximate surface area is 127 Å². The molecule has 0 unspecified atom stereocenters. The van der Waals surface area contributed by atoms with Gasteiger partial charge in [0.15, 0.2) is 5.75 Å². The van der Waals surface area contributed by atoms with Gasteiger partial charge in [0.05, 0.1) is 11.3 Å². The monoisotopic (exact) mass is 294 g/mol. The van der Waals surface area contributed by atoms with E-state index in [-0.39, 0.29) is 17.7 Å². The maximum Gasteiger partial charge on any atom is 0.259 e. The van der Waals surface area contributed by atoms with E-state index >= 15 is 0 Å². The Morgan fingerprint density at radius 3 is 2.77 bits per heavy atom. The van der Waals surface area contributed by atoms with E-state index in [0.29, 0.717) is 28.4 Å². The van der Waals surface area contributed by atoms with Gasteiger partial charge >= 0.3 is 0 Å². The van der Waals surface area contributed by atoms with Gasteiger partial charge in [0.1, 0.15) is 5.75 Å². The average molecular weight is 294 g/mol. The molecular formula is C17H14N2O3.